The van der Waals surface area contributed by atoms with Gasteiger partial charge in [-0.25, -0.2) is 0 Å². The van der Waals surface area contributed by atoms with E-state index in [1.165, 1.54) is 149 Å². The lowest BCUT2D eigenvalue weighted by atomic mass is 9.68. The van der Waals surface area contributed by atoms with Crippen molar-refractivity contribution in [2.45, 2.75) is 24.7 Å². The quantitative estimate of drug-likeness (QED) is 0.157. The lowest BCUT2D eigenvalue weighted by Gasteiger charge is -2.33. The highest BCUT2D eigenvalue weighted by Crippen LogP contribution is 2.68. The van der Waals surface area contributed by atoms with E-state index in [1.54, 1.807) is 0 Å². The number of hydrogen-bond acceptors (Lipinski definition) is 2. The Kier molecular flexibility index (Phi) is 11.2. The number of rotatable bonds is 7. The smallest absolute Gasteiger partial charge is 0.0737 e. The van der Waals surface area contributed by atoms with Gasteiger partial charge in [-0.15, -0.1) is 0 Å². The third-order valence-electron chi connectivity index (χ3n) is 21.5. The second-order valence-corrected chi connectivity index (χ2v) is 26.3. The Hall–Kier alpha value is -11.8. The van der Waals surface area contributed by atoms with Gasteiger partial charge in [0.05, 0.1) is 10.8 Å². The summed E-state index contributed by atoms with van der Waals surface area (Å²) in [5, 5.41) is 10.0. The molecular weight excluding hydrogens is 1130 g/mol. The highest BCUT2D eigenvalue weighted by molar-refractivity contribution is 6.12. The van der Waals surface area contributed by atoms with E-state index in [9.17, 15) is 0 Å². The molecule has 0 saturated carbocycles. The number of benzene rings is 16. The number of para-hydroxylation sites is 2. The molecule has 4 aliphatic rings. The molecule has 94 heavy (non-hydrogen) atoms. The molecule has 0 unspecified atom stereocenters. The predicted octanol–water partition coefficient (Wildman–Crippen LogP) is 24.2. The standard InChI is InChI=1S/C92H60N2/c1-57-20-18-26-66(52-57)93(65-24-4-3-5-25-65)68-43-50-72-63(55-68)41-48-81-79-47-40-62-53-61(39-45-71(62)88(79)92(90(72)81)84-35-15-11-31-76(84)77-32-12-16-36-85(77)92)60-23-19-27-67(54-60)94(86-37-17-6-21-58(86)2)69-44-51-73-64(56-69)42-49-80-78-46-38-59-22-7-8-28-70(59)87(78)91(89(73)80)82-33-13-9-29-74(82)75-30-10-14-34-83(75)91/h3-56H,1-2H3. The summed E-state index contributed by atoms with van der Waals surface area (Å²) < 4.78 is 0. The van der Waals surface area contributed by atoms with Crippen molar-refractivity contribution in [3.8, 4) is 55.6 Å². The maximum atomic E-state index is 2.47. The Morgan fingerprint density at radius 2 is 0.617 bits per heavy atom. The number of aryl methyl sites for hydroxylation is 2. The van der Waals surface area contributed by atoms with Crippen molar-refractivity contribution in [2.24, 2.45) is 0 Å². The Labute approximate surface area is 547 Å². The van der Waals surface area contributed by atoms with Crippen molar-refractivity contribution in [3.63, 3.8) is 0 Å². The molecule has 16 aromatic rings. The number of anilines is 6. The number of fused-ring (bicyclic) bond motifs is 28. The van der Waals surface area contributed by atoms with Crippen LogP contribution in [0.3, 0.4) is 0 Å². The fourth-order valence-corrected chi connectivity index (χ4v) is 17.9. The lowest BCUT2D eigenvalue weighted by molar-refractivity contribution is 0.809. The molecule has 16 aromatic carbocycles. The van der Waals surface area contributed by atoms with Crippen molar-refractivity contribution in [3.05, 3.63) is 383 Å². The minimum absolute atomic E-state index is 0.507. The largest absolute Gasteiger partial charge is 0.310 e. The van der Waals surface area contributed by atoms with E-state index in [0.29, 0.717) is 0 Å². The van der Waals surface area contributed by atoms with E-state index in [2.05, 4.69) is 351 Å². The molecule has 0 bridgehead atoms. The monoisotopic (exact) mass is 1190 g/mol. The van der Waals surface area contributed by atoms with Crippen LogP contribution in [0.25, 0.3) is 98.7 Å². The van der Waals surface area contributed by atoms with Crippen LogP contribution in [0.15, 0.2) is 328 Å². The first-order chi connectivity index (χ1) is 46.4. The van der Waals surface area contributed by atoms with Gasteiger partial charge < -0.3 is 9.80 Å². The highest BCUT2D eigenvalue weighted by atomic mass is 15.1. The average molecular weight is 1190 g/mol. The van der Waals surface area contributed by atoms with Gasteiger partial charge in [0.1, 0.15) is 0 Å². The normalized spacial score (nSPS) is 13.6. The Bertz CT molecular complexity index is 5840. The van der Waals surface area contributed by atoms with Crippen LogP contribution in [0, 0.1) is 13.8 Å². The SMILES string of the molecule is Cc1cccc(N(c2ccccc2)c2ccc3c4c(ccc3c2)-c2ccc3cc(-c5cccc(N(c6ccc7c8c(ccc7c6)-c6ccc7ccccc7c6C86c7ccccc7-c7ccccc76)c6ccccc6C)c5)ccc3c2C42c3ccccc3-c3ccccc32)c1. The third-order valence-corrected chi connectivity index (χ3v) is 21.5. The zero-order valence-electron chi connectivity index (χ0n) is 52.1. The molecule has 0 saturated heterocycles. The van der Waals surface area contributed by atoms with Gasteiger partial charge in [0, 0.05) is 34.1 Å². The molecule has 2 nitrogen and oxygen atoms in total. The molecule has 0 heterocycles. The molecule has 0 N–H and O–H groups in total. The van der Waals surface area contributed by atoms with E-state index in [0.717, 1.165) is 39.7 Å². The summed E-state index contributed by atoms with van der Waals surface area (Å²) in [5.74, 6) is 0. The van der Waals surface area contributed by atoms with Crippen LogP contribution in [0.4, 0.5) is 34.1 Å². The summed E-state index contributed by atoms with van der Waals surface area (Å²) in [6.07, 6.45) is 0. The summed E-state index contributed by atoms with van der Waals surface area (Å²) >= 11 is 0. The average Bonchev–Trinajstić information content (AvgIpc) is 1.51. The van der Waals surface area contributed by atoms with E-state index in [4.69, 9.17) is 0 Å². The molecule has 0 amide bonds. The van der Waals surface area contributed by atoms with Crippen LogP contribution in [0.5, 0.6) is 0 Å². The summed E-state index contributed by atoms with van der Waals surface area (Å²) in [4.78, 5) is 4.87. The lowest BCUT2D eigenvalue weighted by Crippen LogP contribution is -2.26. The van der Waals surface area contributed by atoms with Crippen molar-refractivity contribution < 1.29 is 0 Å². The van der Waals surface area contributed by atoms with Gasteiger partial charge in [0.25, 0.3) is 0 Å². The molecule has 438 valence electrons. The molecule has 2 heteroatoms. The topological polar surface area (TPSA) is 6.48 Å². The molecule has 0 aliphatic heterocycles. The Morgan fingerprint density at radius 1 is 0.223 bits per heavy atom. The van der Waals surface area contributed by atoms with Gasteiger partial charge in [-0.1, -0.05) is 255 Å². The van der Waals surface area contributed by atoms with Crippen molar-refractivity contribution in [1.82, 2.24) is 0 Å². The number of hydrogen-bond donors (Lipinski definition) is 0. The summed E-state index contributed by atoms with van der Waals surface area (Å²) in [5.41, 5.74) is 31.7. The van der Waals surface area contributed by atoms with Crippen LogP contribution in [-0.2, 0) is 10.8 Å². The molecule has 0 fully saturated rings. The highest BCUT2D eigenvalue weighted by Gasteiger charge is 2.55. The minimum Gasteiger partial charge on any atom is -0.310 e. The molecule has 0 aromatic heterocycles. The van der Waals surface area contributed by atoms with Crippen LogP contribution >= 0.6 is 0 Å². The van der Waals surface area contributed by atoms with Crippen LogP contribution < -0.4 is 9.80 Å². The first-order valence-electron chi connectivity index (χ1n) is 33.0. The summed E-state index contributed by atoms with van der Waals surface area (Å²) in [6, 6.07) is 124. The first-order valence-corrected chi connectivity index (χ1v) is 33.0. The van der Waals surface area contributed by atoms with Gasteiger partial charge >= 0.3 is 0 Å². The fraction of sp³-hybridized carbons (Fsp3) is 0.0435. The van der Waals surface area contributed by atoms with Gasteiger partial charge in [-0.3, -0.25) is 0 Å². The maximum absolute atomic E-state index is 2.47. The van der Waals surface area contributed by atoms with E-state index in [-0.39, 0.29) is 0 Å². The maximum Gasteiger partial charge on any atom is 0.0737 e. The van der Waals surface area contributed by atoms with Gasteiger partial charge in [0.15, 0.2) is 0 Å². The fourth-order valence-electron chi connectivity index (χ4n) is 17.9. The molecule has 2 spiro atoms. The van der Waals surface area contributed by atoms with E-state index >= 15 is 0 Å². The van der Waals surface area contributed by atoms with Gasteiger partial charge in [0.2, 0.25) is 0 Å². The zero-order valence-corrected chi connectivity index (χ0v) is 52.1. The second kappa shape index (κ2) is 19.8. The minimum atomic E-state index is -0.575. The van der Waals surface area contributed by atoms with Crippen LogP contribution in [0.2, 0.25) is 0 Å². The summed E-state index contributed by atoms with van der Waals surface area (Å²) in [7, 11) is 0. The van der Waals surface area contributed by atoms with E-state index < -0.39 is 10.8 Å². The Morgan fingerprint density at radius 3 is 1.16 bits per heavy atom. The second-order valence-electron chi connectivity index (χ2n) is 26.3. The Balaban J connectivity index is 0.737. The first kappa shape index (κ1) is 52.9. The van der Waals surface area contributed by atoms with Crippen molar-refractivity contribution in [2.75, 3.05) is 9.80 Å². The van der Waals surface area contributed by atoms with Crippen molar-refractivity contribution >= 4 is 77.2 Å². The molecular formula is C92H60N2. The van der Waals surface area contributed by atoms with Gasteiger partial charge in [-0.2, -0.15) is 0 Å². The molecule has 0 atom stereocenters. The van der Waals surface area contributed by atoms with Crippen LogP contribution in [0.1, 0.15) is 55.6 Å². The van der Waals surface area contributed by atoms with Crippen molar-refractivity contribution in [1.29, 1.82) is 0 Å². The predicted molar refractivity (Wildman–Crippen MR) is 393 cm³/mol. The van der Waals surface area contributed by atoms with Crippen LogP contribution in [-0.4, -0.2) is 0 Å². The van der Waals surface area contributed by atoms with Gasteiger partial charge in [-0.05, 0) is 241 Å². The molecule has 4 aliphatic carbocycles. The zero-order chi connectivity index (χ0) is 62.0. The van der Waals surface area contributed by atoms with E-state index in [1.807, 2.05) is 0 Å². The number of nitrogens with zero attached hydrogens (tertiary/aromatic N) is 2. The summed E-state index contributed by atoms with van der Waals surface area (Å²) in [6.45, 7) is 4.41. The molecule has 20 rings (SSSR count). The molecule has 0 radical (unpaired) electrons. The third kappa shape index (κ3) is 7.14.